The lowest BCUT2D eigenvalue weighted by atomic mass is 10.3. The van der Waals surface area contributed by atoms with E-state index >= 15 is 0 Å². The van der Waals surface area contributed by atoms with Gasteiger partial charge in [0.25, 0.3) is 5.91 Å². The van der Waals surface area contributed by atoms with Crippen LogP contribution < -0.4 is 10.1 Å². The molecule has 0 bridgehead atoms. The highest BCUT2D eigenvalue weighted by Gasteiger charge is 2.27. The summed E-state index contributed by atoms with van der Waals surface area (Å²) in [6, 6.07) is 13.2. The molecular weight excluding hydrogens is 408 g/mol. The van der Waals surface area contributed by atoms with Crippen molar-refractivity contribution in [2.24, 2.45) is 0 Å². The summed E-state index contributed by atoms with van der Waals surface area (Å²) in [7, 11) is -3.55. The number of carbonyl (C=O) groups is 1. The molecule has 1 N–H and O–H groups in total. The number of carbonyl (C=O) groups excluding carboxylic acids is 1. The summed E-state index contributed by atoms with van der Waals surface area (Å²) in [5.74, 6) is 0.0713. The first-order valence-corrected chi connectivity index (χ1v) is 10.8. The van der Waals surface area contributed by atoms with Gasteiger partial charge in [-0.05, 0) is 53.6 Å². The van der Waals surface area contributed by atoms with Crippen LogP contribution in [0, 0.1) is 0 Å². The second-order valence-corrected chi connectivity index (χ2v) is 8.67. The van der Waals surface area contributed by atoms with Crippen molar-refractivity contribution in [2.45, 2.75) is 17.7 Å². The normalized spacial score (nSPS) is 14.5. The van der Waals surface area contributed by atoms with E-state index in [4.69, 9.17) is 4.74 Å². The fourth-order valence-electron chi connectivity index (χ4n) is 3.15. The molecule has 1 saturated heterocycles. The number of hydrogen-bond donors (Lipinski definition) is 1. The Balaban J connectivity index is 1.38. The lowest BCUT2D eigenvalue weighted by Crippen LogP contribution is -2.28. The Kier molecular flexibility index (Phi) is 5.72. The Labute approximate surface area is 173 Å². The monoisotopic (exact) mass is 428 g/mol. The van der Waals surface area contributed by atoms with Crippen LogP contribution in [-0.4, -0.2) is 58.5 Å². The number of nitrogens with zero attached hydrogens (tertiary/aromatic N) is 5. The quantitative estimate of drug-likeness (QED) is 0.605. The van der Waals surface area contributed by atoms with Crippen molar-refractivity contribution in [3.8, 4) is 11.4 Å². The SMILES string of the molecule is O=C(COc1cccc(-n2cnnn2)c1)Nc1cccc(S(=O)(=O)N2CCCC2)c1. The third-order valence-corrected chi connectivity index (χ3v) is 6.52. The zero-order valence-corrected chi connectivity index (χ0v) is 16.8. The summed E-state index contributed by atoms with van der Waals surface area (Å²) in [4.78, 5) is 12.4. The van der Waals surface area contributed by atoms with Gasteiger partial charge in [0.15, 0.2) is 6.61 Å². The molecule has 30 heavy (non-hydrogen) atoms. The van der Waals surface area contributed by atoms with Crippen molar-refractivity contribution in [1.29, 1.82) is 0 Å². The molecule has 0 spiro atoms. The molecule has 1 fully saturated rings. The average Bonchev–Trinajstić information content (AvgIpc) is 3.47. The summed E-state index contributed by atoms with van der Waals surface area (Å²) >= 11 is 0. The van der Waals surface area contributed by atoms with Crippen LogP contribution in [0.4, 0.5) is 5.69 Å². The van der Waals surface area contributed by atoms with E-state index in [-0.39, 0.29) is 11.5 Å². The number of rotatable bonds is 7. The van der Waals surface area contributed by atoms with Gasteiger partial charge in [-0.1, -0.05) is 12.1 Å². The van der Waals surface area contributed by atoms with Crippen LogP contribution in [0.5, 0.6) is 5.75 Å². The van der Waals surface area contributed by atoms with Crippen molar-refractivity contribution in [3.63, 3.8) is 0 Å². The van der Waals surface area contributed by atoms with Crippen molar-refractivity contribution >= 4 is 21.6 Å². The minimum Gasteiger partial charge on any atom is -0.484 e. The maximum atomic E-state index is 12.7. The molecule has 0 unspecified atom stereocenters. The number of tetrazole rings is 1. The minimum absolute atomic E-state index is 0.164. The second-order valence-electron chi connectivity index (χ2n) is 6.73. The fourth-order valence-corrected chi connectivity index (χ4v) is 4.72. The molecule has 1 aliphatic rings. The first kappa shape index (κ1) is 20.0. The maximum Gasteiger partial charge on any atom is 0.262 e. The maximum absolute atomic E-state index is 12.7. The zero-order chi connectivity index (χ0) is 21.0. The number of ether oxygens (including phenoxy) is 1. The molecule has 3 aromatic rings. The molecule has 156 valence electrons. The lowest BCUT2D eigenvalue weighted by molar-refractivity contribution is -0.118. The number of benzene rings is 2. The first-order valence-electron chi connectivity index (χ1n) is 9.39. The summed E-state index contributed by atoms with van der Waals surface area (Å²) in [6.45, 7) is 0.815. The van der Waals surface area contributed by atoms with Gasteiger partial charge in [0.05, 0.1) is 10.6 Å². The molecule has 10 nitrogen and oxygen atoms in total. The molecule has 1 amide bonds. The first-order chi connectivity index (χ1) is 14.5. The Bertz CT molecular complexity index is 1130. The van der Waals surface area contributed by atoms with Gasteiger partial charge >= 0.3 is 0 Å². The van der Waals surface area contributed by atoms with Crippen LogP contribution in [0.25, 0.3) is 5.69 Å². The smallest absolute Gasteiger partial charge is 0.262 e. The van der Waals surface area contributed by atoms with Crippen molar-refractivity contribution in [3.05, 3.63) is 54.9 Å². The molecule has 1 aliphatic heterocycles. The highest BCUT2D eigenvalue weighted by atomic mass is 32.2. The van der Waals surface area contributed by atoms with Gasteiger partial charge in [-0.25, -0.2) is 13.1 Å². The van der Waals surface area contributed by atoms with Gasteiger partial charge in [0.2, 0.25) is 10.0 Å². The van der Waals surface area contributed by atoms with Gasteiger partial charge in [-0.2, -0.15) is 4.31 Å². The zero-order valence-electron chi connectivity index (χ0n) is 16.0. The van der Waals surface area contributed by atoms with Gasteiger partial charge in [0.1, 0.15) is 12.1 Å². The van der Waals surface area contributed by atoms with E-state index in [0.717, 1.165) is 12.8 Å². The Hall–Kier alpha value is -3.31. The number of anilines is 1. The van der Waals surface area contributed by atoms with Crippen LogP contribution in [0.1, 0.15) is 12.8 Å². The van der Waals surface area contributed by atoms with E-state index in [1.54, 1.807) is 36.4 Å². The predicted molar refractivity (Wildman–Crippen MR) is 108 cm³/mol. The molecule has 0 atom stereocenters. The molecule has 4 rings (SSSR count). The highest BCUT2D eigenvalue weighted by Crippen LogP contribution is 2.23. The number of sulfonamides is 1. The second kappa shape index (κ2) is 8.59. The van der Waals surface area contributed by atoms with Crippen LogP contribution in [0.15, 0.2) is 59.8 Å². The topological polar surface area (TPSA) is 119 Å². The fraction of sp³-hybridized carbons (Fsp3) is 0.263. The van der Waals surface area contributed by atoms with Crippen LogP contribution in [-0.2, 0) is 14.8 Å². The van der Waals surface area contributed by atoms with Crippen LogP contribution in [0.2, 0.25) is 0 Å². The van der Waals surface area contributed by atoms with Crippen molar-refractivity contribution < 1.29 is 17.9 Å². The van der Waals surface area contributed by atoms with Gasteiger partial charge in [-0.3, -0.25) is 4.79 Å². The molecular formula is C19H20N6O4S. The number of aromatic nitrogens is 4. The van der Waals surface area contributed by atoms with Crippen molar-refractivity contribution in [1.82, 2.24) is 24.5 Å². The third-order valence-electron chi connectivity index (χ3n) is 4.62. The molecule has 2 heterocycles. The Morgan fingerprint density at radius 1 is 1.10 bits per heavy atom. The van der Waals surface area contributed by atoms with E-state index in [9.17, 15) is 13.2 Å². The van der Waals surface area contributed by atoms with E-state index in [1.807, 2.05) is 0 Å². The largest absolute Gasteiger partial charge is 0.484 e. The number of amides is 1. The van der Waals surface area contributed by atoms with Crippen LogP contribution in [0.3, 0.4) is 0 Å². The average molecular weight is 428 g/mol. The van der Waals surface area contributed by atoms with Gasteiger partial charge < -0.3 is 10.1 Å². The van der Waals surface area contributed by atoms with E-state index < -0.39 is 15.9 Å². The van der Waals surface area contributed by atoms with Crippen molar-refractivity contribution in [2.75, 3.05) is 25.0 Å². The lowest BCUT2D eigenvalue weighted by Gasteiger charge is -2.16. The summed E-state index contributed by atoms with van der Waals surface area (Å²) in [5.41, 5.74) is 1.09. The molecule has 0 radical (unpaired) electrons. The summed E-state index contributed by atoms with van der Waals surface area (Å²) in [6.07, 6.45) is 3.18. The Morgan fingerprint density at radius 3 is 2.67 bits per heavy atom. The van der Waals surface area contributed by atoms with E-state index in [2.05, 4.69) is 20.8 Å². The number of hydrogen-bond acceptors (Lipinski definition) is 7. The van der Waals surface area contributed by atoms with E-state index in [0.29, 0.717) is 30.2 Å². The molecule has 11 heteroatoms. The van der Waals surface area contributed by atoms with Crippen LogP contribution >= 0.6 is 0 Å². The summed E-state index contributed by atoms with van der Waals surface area (Å²) < 4.78 is 33.8. The molecule has 0 aliphatic carbocycles. The highest BCUT2D eigenvalue weighted by molar-refractivity contribution is 7.89. The third kappa shape index (κ3) is 4.47. The molecule has 1 aromatic heterocycles. The Morgan fingerprint density at radius 2 is 1.90 bits per heavy atom. The van der Waals surface area contributed by atoms with E-state index in [1.165, 1.54) is 27.4 Å². The summed E-state index contributed by atoms with van der Waals surface area (Å²) in [5, 5.41) is 13.6. The molecule has 0 saturated carbocycles. The minimum atomic E-state index is -3.55. The van der Waals surface area contributed by atoms with Gasteiger partial charge in [-0.15, -0.1) is 5.10 Å². The standard InChI is InChI=1S/C19H20N6O4S/c26-19(13-29-17-7-4-6-16(12-17)25-14-20-22-23-25)21-15-5-3-8-18(11-15)30(27,28)24-9-1-2-10-24/h3-8,11-12,14H,1-2,9-10,13H2,(H,21,26). The predicted octanol–water partition coefficient (Wildman–Crippen LogP) is 1.46. The number of nitrogens with one attached hydrogen (secondary N) is 1. The van der Waals surface area contributed by atoms with Gasteiger partial charge in [0, 0.05) is 24.8 Å². The molecule has 2 aromatic carbocycles.